The van der Waals surface area contributed by atoms with Crippen molar-refractivity contribution in [2.75, 3.05) is 26.5 Å². The van der Waals surface area contributed by atoms with Gasteiger partial charge in [-0.3, -0.25) is 14.6 Å². The Balaban J connectivity index is 0.901. The number of allylic oxidation sites excluding steroid dienone is 2. The number of hydrogen-bond donors (Lipinski definition) is 1. The molecule has 252 valence electrons. The summed E-state index contributed by atoms with van der Waals surface area (Å²) in [7, 11) is 3.40. The first kappa shape index (κ1) is 31.6. The van der Waals surface area contributed by atoms with Gasteiger partial charge in [0.25, 0.3) is 0 Å². The van der Waals surface area contributed by atoms with Crippen molar-refractivity contribution in [2.45, 2.75) is 76.9 Å². The highest BCUT2D eigenvalue weighted by atomic mass is 16.5. The third-order valence-electron chi connectivity index (χ3n) is 10.9. The molecule has 8 heteroatoms. The van der Waals surface area contributed by atoms with Crippen molar-refractivity contribution in [2.24, 2.45) is 5.92 Å². The van der Waals surface area contributed by atoms with Gasteiger partial charge in [-0.25, -0.2) is 0 Å². The molecule has 0 saturated heterocycles. The van der Waals surface area contributed by atoms with Gasteiger partial charge in [0.05, 0.1) is 31.5 Å². The molecule has 0 radical (unpaired) electrons. The van der Waals surface area contributed by atoms with Crippen LogP contribution in [0, 0.1) is 12.8 Å². The van der Waals surface area contributed by atoms with E-state index >= 15 is 0 Å². The van der Waals surface area contributed by atoms with Gasteiger partial charge in [-0.05, 0) is 104 Å². The van der Waals surface area contributed by atoms with E-state index in [2.05, 4.69) is 95.1 Å². The van der Waals surface area contributed by atoms with Crippen LogP contribution in [-0.4, -0.2) is 45.6 Å². The van der Waals surface area contributed by atoms with Gasteiger partial charge in [0.15, 0.2) is 11.5 Å². The van der Waals surface area contributed by atoms with Gasteiger partial charge in [-0.1, -0.05) is 59.3 Å². The summed E-state index contributed by atoms with van der Waals surface area (Å²) in [6, 6.07) is 21.6. The second kappa shape index (κ2) is 13.3. The molecule has 2 N–H and O–H groups in total. The Morgan fingerprint density at radius 1 is 0.959 bits per heavy atom. The fourth-order valence-electron chi connectivity index (χ4n) is 8.66. The lowest BCUT2D eigenvalue weighted by atomic mass is 9.70. The number of benzene rings is 3. The van der Waals surface area contributed by atoms with E-state index in [1.54, 1.807) is 19.8 Å². The van der Waals surface area contributed by atoms with Crippen LogP contribution in [0.2, 0.25) is 0 Å². The van der Waals surface area contributed by atoms with Crippen LogP contribution in [-0.2, 0) is 25.9 Å². The molecule has 3 aromatic carbocycles. The fourth-order valence-corrected chi connectivity index (χ4v) is 8.66. The van der Waals surface area contributed by atoms with Gasteiger partial charge >= 0.3 is 0 Å². The minimum atomic E-state index is 0.0965. The highest BCUT2D eigenvalue weighted by molar-refractivity contribution is 5.93. The molecule has 0 spiro atoms. The van der Waals surface area contributed by atoms with Gasteiger partial charge in [0, 0.05) is 48.2 Å². The second-order valence-electron chi connectivity index (χ2n) is 14.2. The first-order valence-corrected chi connectivity index (χ1v) is 17.8. The van der Waals surface area contributed by atoms with Crippen LogP contribution in [0.3, 0.4) is 0 Å². The van der Waals surface area contributed by atoms with E-state index in [0.717, 1.165) is 91.9 Å². The summed E-state index contributed by atoms with van der Waals surface area (Å²) in [4.78, 5) is 7.61. The highest BCUT2D eigenvalue weighted by Gasteiger charge is 2.34. The molecule has 0 fully saturated rings. The van der Waals surface area contributed by atoms with Crippen molar-refractivity contribution in [3.05, 3.63) is 118 Å². The molecule has 3 heterocycles. The van der Waals surface area contributed by atoms with Crippen molar-refractivity contribution < 1.29 is 9.47 Å². The van der Waals surface area contributed by atoms with Crippen LogP contribution in [0.25, 0.3) is 10.9 Å². The Labute approximate surface area is 288 Å². The van der Waals surface area contributed by atoms with Gasteiger partial charge in [-0.15, -0.1) is 5.10 Å². The van der Waals surface area contributed by atoms with Crippen LogP contribution in [0.1, 0.15) is 83.3 Å². The topological polar surface area (TPSA) is 91.3 Å². The van der Waals surface area contributed by atoms with Crippen LogP contribution in [0.5, 0.6) is 11.5 Å². The molecule has 1 aliphatic heterocycles. The van der Waals surface area contributed by atoms with E-state index in [1.807, 2.05) is 4.68 Å². The van der Waals surface area contributed by atoms with Crippen molar-refractivity contribution in [1.29, 1.82) is 0 Å². The van der Waals surface area contributed by atoms with Gasteiger partial charge in [0.1, 0.15) is 0 Å². The van der Waals surface area contributed by atoms with Crippen molar-refractivity contribution in [1.82, 2.24) is 24.9 Å². The van der Waals surface area contributed by atoms with E-state index in [0.29, 0.717) is 11.8 Å². The number of ether oxygens (including phenoxy) is 2. The zero-order valence-corrected chi connectivity index (χ0v) is 28.9. The number of nitrogens with zero attached hydrogens (tertiary/aromatic N) is 5. The minimum Gasteiger partial charge on any atom is -0.493 e. The maximum Gasteiger partial charge on any atom is 0.161 e. The minimum absolute atomic E-state index is 0.0965. The number of aromatic nitrogens is 4. The number of aryl methyl sites for hydroxylation is 2. The van der Waals surface area contributed by atoms with Crippen LogP contribution >= 0.6 is 0 Å². The van der Waals surface area contributed by atoms with Gasteiger partial charge in [0.2, 0.25) is 0 Å². The number of anilines is 1. The Morgan fingerprint density at radius 3 is 2.63 bits per heavy atom. The third kappa shape index (κ3) is 6.19. The molecule has 0 saturated carbocycles. The summed E-state index contributed by atoms with van der Waals surface area (Å²) in [6.07, 6.45) is 12.3. The predicted molar refractivity (Wildman–Crippen MR) is 194 cm³/mol. The molecule has 49 heavy (non-hydrogen) atoms. The number of pyridine rings is 1. The average Bonchev–Trinajstić information content (AvgIpc) is 3.56. The molecule has 2 aromatic heterocycles. The zero-order chi connectivity index (χ0) is 33.5. The van der Waals surface area contributed by atoms with Gasteiger partial charge in [-0.2, -0.15) is 0 Å². The van der Waals surface area contributed by atoms with Gasteiger partial charge < -0.3 is 15.2 Å². The van der Waals surface area contributed by atoms with E-state index < -0.39 is 0 Å². The molecule has 2 aliphatic carbocycles. The number of rotatable bonds is 10. The number of hydrogen-bond acceptors (Lipinski definition) is 7. The van der Waals surface area contributed by atoms with E-state index in [1.165, 1.54) is 39.9 Å². The highest BCUT2D eigenvalue weighted by Crippen LogP contribution is 2.47. The van der Waals surface area contributed by atoms with Crippen LogP contribution in [0.4, 0.5) is 5.69 Å². The number of nitrogens with two attached hydrogens (primary N) is 1. The fraction of sp³-hybridized carbons (Fsp3) is 0.390. The summed E-state index contributed by atoms with van der Waals surface area (Å²) in [5.41, 5.74) is 19.0. The van der Waals surface area contributed by atoms with E-state index in [4.69, 9.17) is 20.2 Å². The smallest absolute Gasteiger partial charge is 0.161 e. The average molecular weight is 655 g/mol. The standard InChI is InChI=1S/C41H46N6O2/c1-26-12-13-33-35(17-26)43-36-21-28-18-27(19-31(20-28)39(36)40(33)42)9-7-8-15-47-25-32(44-45-47)24-46-16-14-30-22-37(48-2)38(49-3)23-34(30)41(46)29-10-5-4-6-11-29/h4-6,10-13,17-18,22-23,25,28,31,41H,7-9,14-16,19-21,24H2,1-3H3,(H2,42,43). The Bertz CT molecular complexity index is 2020. The normalized spacial score (nSPS) is 20.1. The first-order chi connectivity index (χ1) is 24.0. The molecular formula is C41H46N6O2. The van der Waals surface area contributed by atoms with Crippen LogP contribution < -0.4 is 15.2 Å². The molecule has 3 atom stereocenters. The lowest BCUT2D eigenvalue weighted by molar-refractivity contribution is 0.201. The summed E-state index contributed by atoms with van der Waals surface area (Å²) in [5.74, 6) is 2.59. The summed E-state index contributed by atoms with van der Waals surface area (Å²) in [5, 5.41) is 10.3. The lowest BCUT2D eigenvalue weighted by Crippen LogP contribution is -2.35. The Hall–Kier alpha value is -4.69. The first-order valence-electron chi connectivity index (χ1n) is 17.8. The zero-order valence-electron chi connectivity index (χ0n) is 28.9. The summed E-state index contributed by atoms with van der Waals surface area (Å²) < 4.78 is 13.4. The Kier molecular flexibility index (Phi) is 8.58. The third-order valence-corrected chi connectivity index (χ3v) is 10.9. The number of unbranched alkanes of at least 4 members (excludes halogenated alkanes) is 1. The predicted octanol–water partition coefficient (Wildman–Crippen LogP) is 7.73. The molecule has 5 aromatic rings. The number of methoxy groups -OCH3 is 2. The summed E-state index contributed by atoms with van der Waals surface area (Å²) >= 11 is 0. The van der Waals surface area contributed by atoms with Crippen molar-refractivity contribution >= 4 is 16.6 Å². The summed E-state index contributed by atoms with van der Waals surface area (Å²) in [6.45, 7) is 4.65. The lowest BCUT2D eigenvalue weighted by Gasteiger charge is -2.37. The molecule has 3 aliphatic rings. The molecule has 2 bridgehead atoms. The molecule has 8 nitrogen and oxygen atoms in total. The number of fused-ring (bicyclic) bond motifs is 6. The Morgan fingerprint density at radius 2 is 1.80 bits per heavy atom. The maximum atomic E-state index is 6.81. The largest absolute Gasteiger partial charge is 0.493 e. The van der Waals surface area contributed by atoms with E-state index in [9.17, 15) is 0 Å². The van der Waals surface area contributed by atoms with E-state index in [-0.39, 0.29) is 6.04 Å². The quantitative estimate of drug-likeness (QED) is 0.122. The molecular weight excluding hydrogens is 608 g/mol. The SMILES string of the molecule is COc1cc2c(cc1OC)C(c1ccccc1)N(Cc1cn(CCCCC3=CC4Cc5nc6cc(C)ccc6c(N)c5C(C3)C4)nn1)CC2. The maximum absolute atomic E-state index is 6.81. The molecule has 8 rings (SSSR count). The monoisotopic (exact) mass is 654 g/mol. The second-order valence-corrected chi connectivity index (χ2v) is 14.2. The van der Waals surface area contributed by atoms with Crippen LogP contribution in [0.15, 0.2) is 78.5 Å². The van der Waals surface area contributed by atoms with Crippen molar-refractivity contribution in [3.63, 3.8) is 0 Å². The number of nitrogen functional groups attached to an aromatic ring is 1. The molecule has 3 unspecified atom stereocenters. The molecule has 0 amide bonds. The van der Waals surface area contributed by atoms with Crippen molar-refractivity contribution in [3.8, 4) is 11.5 Å².